The van der Waals surface area contributed by atoms with E-state index in [0.717, 1.165) is 12.8 Å². The summed E-state index contributed by atoms with van der Waals surface area (Å²) in [4.78, 5) is 23.0. The lowest BCUT2D eigenvalue weighted by Crippen LogP contribution is -2.30. The van der Waals surface area contributed by atoms with Gasteiger partial charge in [0.05, 0.1) is 5.41 Å². The lowest BCUT2D eigenvalue weighted by molar-refractivity contribution is -0.127. The molecule has 2 N–H and O–H groups in total. The second kappa shape index (κ2) is 5.80. The molecule has 1 heterocycles. The highest BCUT2D eigenvalue weighted by Crippen LogP contribution is 2.34. The van der Waals surface area contributed by atoms with Gasteiger partial charge in [-0.15, -0.1) is 0 Å². The number of amides is 2. The summed E-state index contributed by atoms with van der Waals surface area (Å²) in [7, 11) is 0. The molecule has 90 valence electrons. The summed E-state index contributed by atoms with van der Waals surface area (Å²) in [6.45, 7) is 2.11. The van der Waals surface area contributed by atoms with Gasteiger partial charge in [-0.2, -0.15) is 0 Å². The normalized spacial score (nSPS) is 25.4. The number of aliphatic hydroxyl groups is 1. The lowest BCUT2D eigenvalue weighted by atomic mass is 9.81. The van der Waals surface area contributed by atoms with Gasteiger partial charge in [0.15, 0.2) is 0 Å². The third kappa shape index (κ3) is 2.92. The Morgan fingerprint density at radius 2 is 2.25 bits per heavy atom. The fourth-order valence-electron chi connectivity index (χ4n) is 1.95. The minimum absolute atomic E-state index is 0.0465. The maximum absolute atomic E-state index is 11.7. The number of nitrogens with one attached hydrogen (secondary N) is 1. The summed E-state index contributed by atoms with van der Waals surface area (Å²) in [6, 6.07) is 0. The fourth-order valence-corrected chi connectivity index (χ4v) is 1.95. The molecule has 1 fully saturated rings. The first-order chi connectivity index (χ1) is 7.64. The molecule has 0 spiro atoms. The van der Waals surface area contributed by atoms with E-state index in [9.17, 15) is 9.59 Å². The van der Waals surface area contributed by atoms with Gasteiger partial charge >= 0.3 is 0 Å². The van der Waals surface area contributed by atoms with Crippen LogP contribution in [0, 0.1) is 5.41 Å². The van der Waals surface area contributed by atoms with Crippen LogP contribution >= 0.6 is 0 Å². The minimum Gasteiger partial charge on any atom is -0.396 e. The number of aliphatic hydroxyl groups excluding tert-OH is 1. The number of carbonyl (C=O) groups is 2. The van der Waals surface area contributed by atoms with E-state index in [4.69, 9.17) is 5.11 Å². The highest BCUT2D eigenvalue weighted by Gasteiger charge is 2.43. The first-order valence-electron chi connectivity index (χ1n) is 5.77. The molecule has 1 aliphatic heterocycles. The van der Waals surface area contributed by atoms with Gasteiger partial charge in [-0.3, -0.25) is 14.9 Å². The summed E-state index contributed by atoms with van der Waals surface area (Å²) in [6.07, 6.45) is 7.00. The van der Waals surface area contributed by atoms with Gasteiger partial charge < -0.3 is 5.11 Å². The second-order valence-electron chi connectivity index (χ2n) is 4.23. The van der Waals surface area contributed by atoms with Gasteiger partial charge in [-0.1, -0.05) is 25.5 Å². The van der Waals surface area contributed by atoms with Gasteiger partial charge in [-0.25, -0.2) is 0 Å². The molecular weight excluding hydrogens is 206 g/mol. The van der Waals surface area contributed by atoms with Crippen LogP contribution in [0.2, 0.25) is 0 Å². The Hall–Kier alpha value is -1.16. The Bertz CT molecular complexity index is 299. The van der Waals surface area contributed by atoms with Gasteiger partial charge in [-0.05, 0) is 19.3 Å². The van der Waals surface area contributed by atoms with Gasteiger partial charge in [0, 0.05) is 13.0 Å². The molecule has 0 aromatic rings. The first-order valence-corrected chi connectivity index (χ1v) is 5.77. The summed E-state index contributed by atoms with van der Waals surface area (Å²) in [5.41, 5.74) is -0.713. The zero-order valence-electron chi connectivity index (χ0n) is 9.66. The Morgan fingerprint density at radius 1 is 1.50 bits per heavy atom. The van der Waals surface area contributed by atoms with Crippen molar-refractivity contribution in [2.24, 2.45) is 5.41 Å². The van der Waals surface area contributed by atoms with Crippen LogP contribution in [0.25, 0.3) is 0 Å². The molecule has 2 amide bonds. The summed E-state index contributed by atoms with van der Waals surface area (Å²) in [5.74, 6) is -0.442. The molecule has 0 radical (unpaired) electrons. The summed E-state index contributed by atoms with van der Waals surface area (Å²) < 4.78 is 0. The van der Waals surface area contributed by atoms with Crippen molar-refractivity contribution in [1.82, 2.24) is 5.32 Å². The molecule has 0 saturated carbocycles. The zero-order valence-corrected chi connectivity index (χ0v) is 9.66. The number of hydrogen-bond donors (Lipinski definition) is 2. The van der Waals surface area contributed by atoms with Crippen molar-refractivity contribution >= 4 is 11.8 Å². The molecule has 4 heteroatoms. The molecule has 16 heavy (non-hydrogen) atoms. The quantitative estimate of drug-likeness (QED) is 0.526. The predicted molar refractivity (Wildman–Crippen MR) is 60.6 cm³/mol. The number of imide groups is 1. The summed E-state index contributed by atoms with van der Waals surface area (Å²) >= 11 is 0. The highest BCUT2D eigenvalue weighted by atomic mass is 16.3. The standard InChI is InChI=1S/C12H19NO3/c1-2-3-4-6-12(7-5-8-14)9-10(15)13-11(12)16/h4,6,14H,2-3,5,7-9H2,1H3,(H,13,15,16). The Morgan fingerprint density at radius 3 is 2.75 bits per heavy atom. The molecule has 1 rings (SSSR count). The van der Waals surface area contributed by atoms with E-state index >= 15 is 0 Å². The zero-order chi connectivity index (χ0) is 12.0. The van der Waals surface area contributed by atoms with Crippen LogP contribution in [0.5, 0.6) is 0 Å². The van der Waals surface area contributed by atoms with E-state index in [1.807, 2.05) is 12.2 Å². The SMILES string of the molecule is CCCC=CC1(CCCO)CC(=O)NC1=O. The van der Waals surface area contributed by atoms with E-state index in [0.29, 0.717) is 12.8 Å². The van der Waals surface area contributed by atoms with E-state index < -0.39 is 5.41 Å². The Labute approximate surface area is 95.7 Å². The largest absolute Gasteiger partial charge is 0.396 e. The lowest BCUT2D eigenvalue weighted by Gasteiger charge is -2.20. The molecule has 0 bridgehead atoms. The van der Waals surface area contributed by atoms with Crippen LogP contribution < -0.4 is 5.32 Å². The summed E-state index contributed by atoms with van der Waals surface area (Å²) in [5, 5.41) is 11.2. The van der Waals surface area contributed by atoms with E-state index in [2.05, 4.69) is 12.2 Å². The van der Waals surface area contributed by atoms with Gasteiger partial charge in [0.25, 0.3) is 0 Å². The van der Waals surface area contributed by atoms with Crippen LogP contribution in [-0.4, -0.2) is 23.5 Å². The van der Waals surface area contributed by atoms with Crippen molar-refractivity contribution in [1.29, 1.82) is 0 Å². The van der Waals surface area contributed by atoms with Crippen molar-refractivity contribution in [2.75, 3.05) is 6.61 Å². The van der Waals surface area contributed by atoms with Crippen molar-refractivity contribution in [3.05, 3.63) is 12.2 Å². The van der Waals surface area contributed by atoms with Gasteiger partial charge in [0.2, 0.25) is 11.8 Å². The fraction of sp³-hybridized carbons (Fsp3) is 0.667. The molecule has 1 saturated heterocycles. The third-order valence-corrected chi connectivity index (χ3v) is 2.85. The second-order valence-corrected chi connectivity index (χ2v) is 4.23. The van der Waals surface area contributed by atoms with Crippen LogP contribution in [0.1, 0.15) is 39.0 Å². The topological polar surface area (TPSA) is 66.4 Å². The first kappa shape index (κ1) is 12.9. The predicted octanol–water partition coefficient (Wildman–Crippen LogP) is 1.15. The molecule has 0 aromatic carbocycles. The maximum Gasteiger partial charge on any atom is 0.237 e. The van der Waals surface area contributed by atoms with E-state index in [1.54, 1.807) is 0 Å². The third-order valence-electron chi connectivity index (χ3n) is 2.85. The van der Waals surface area contributed by atoms with Crippen LogP contribution in [0.4, 0.5) is 0 Å². The van der Waals surface area contributed by atoms with Crippen LogP contribution in [0.3, 0.4) is 0 Å². The van der Waals surface area contributed by atoms with Crippen molar-refractivity contribution in [3.63, 3.8) is 0 Å². The molecule has 4 nitrogen and oxygen atoms in total. The van der Waals surface area contributed by atoms with Crippen LogP contribution in [0.15, 0.2) is 12.2 Å². The van der Waals surface area contributed by atoms with E-state index in [1.165, 1.54) is 0 Å². The molecular formula is C12H19NO3. The van der Waals surface area contributed by atoms with Crippen molar-refractivity contribution in [2.45, 2.75) is 39.0 Å². The van der Waals surface area contributed by atoms with Crippen molar-refractivity contribution in [3.8, 4) is 0 Å². The maximum atomic E-state index is 11.7. The average Bonchev–Trinajstić information content (AvgIpc) is 2.52. The monoisotopic (exact) mass is 225 g/mol. The Balaban J connectivity index is 2.76. The molecule has 1 unspecified atom stereocenters. The molecule has 1 atom stereocenters. The number of hydrogen-bond acceptors (Lipinski definition) is 3. The number of allylic oxidation sites excluding steroid dienone is 1. The molecule has 0 aromatic heterocycles. The molecule has 0 aliphatic carbocycles. The average molecular weight is 225 g/mol. The number of unbranched alkanes of at least 4 members (excludes halogenated alkanes) is 1. The van der Waals surface area contributed by atoms with E-state index in [-0.39, 0.29) is 24.8 Å². The Kier molecular flexibility index (Phi) is 4.68. The smallest absolute Gasteiger partial charge is 0.237 e. The van der Waals surface area contributed by atoms with Gasteiger partial charge in [0.1, 0.15) is 0 Å². The van der Waals surface area contributed by atoms with Crippen LogP contribution in [-0.2, 0) is 9.59 Å². The highest BCUT2D eigenvalue weighted by molar-refractivity contribution is 6.06. The molecule has 1 aliphatic rings. The number of carbonyl (C=O) groups excluding carboxylic acids is 2. The minimum atomic E-state index is -0.713. The number of rotatable bonds is 6. The van der Waals surface area contributed by atoms with Crippen molar-refractivity contribution < 1.29 is 14.7 Å².